The molecule has 0 bridgehead atoms. The van der Waals surface area contributed by atoms with Gasteiger partial charge in [-0.2, -0.15) is 4.68 Å². The molecule has 0 aliphatic carbocycles. The molecule has 1 atom stereocenters. The van der Waals surface area contributed by atoms with Crippen LogP contribution in [0, 0.1) is 0 Å². The molecule has 2 heterocycles. The Balaban J connectivity index is 1.69. The fourth-order valence-electron chi connectivity index (χ4n) is 2.30. The van der Waals surface area contributed by atoms with Gasteiger partial charge in [-0.1, -0.05) is 49.3 Å². The third-order valence-corrected chi connectivity index (χ3v) is 5.13. The van der Waals surface area contributed by atoms with Crippen LogP contribution < -0.4 is 5.32 Å². The molecule has 0 radical (unpaired) electrons. The summed E-state index contributed by atoms with van der Waals surface area (Å²) < 4.78 is 1.62. The van der Waals surface area contributed by atoms with Gasteiger partial charge in [0.25, 0.3) is 0 Å². The lowest BCUT2D eigenvalue weighted by atomic mass is 10.0. The van der Waals surface area contributed by atoms with Crippen LogP contribution in [0.5, 0.6) is 0 Å². The Labute approximate surface area is 166 Å². The summed E-state index contributed by atoms with van der Waals surface area (Å²) in [5.74, 6) is 0.701. The van der Waals surface area contributed by atoms with Crippen LogP contribution in [0.1, 0.15) is 32.3 Å². The SMILES string of the molecule is CC(C)c1ccc(-n2nnnc2S[C@H](C)C(=O)Nc2ccc(Cl)cn2)cc1. The van der Waals surface area contributed by atoms with Gasteiger partial charge in [0.15, 0.2) is 0 Å². The quantitative estimate of drug-likeness (QED) is 0.628. The molecule has 7 nitrogen and oxygen atoms in total. The van der Waals surface area contributed by atoms with E-state index in [1.165, 1.54) is 23.5 Å². The number of carbonyl (C=O) groups is 1. The normalized spacial score (nSPS) is 12.2. The number of halogens is 1. The summed E-state index contributed by atoms with van der Waals surface area (Å²) in [6, 6.07) is 11.4. The van der Waals surface area contributed by atoms with Gasteiger partial charge in [0, 0.05) is 6.20 Å². The first-order valence-corrected chi connectivity index (χ1v) is 9.67. The largest absolute Gasteiger partial charge is 0.310 e. The number of pyridine rings is 1. The zero-order valence-electron chi connectivity index (χ0n) is 15.1. The number of thioether (sulfide) groups is 1. The number of nitrogens with zero attached hydrogens (tertiary/aromatic N) is 5. The van der Waals surface area contributed by atoms with E-state index in [1.807, 2.05) is 12.1 Å². The average molecular weight is 403 g/mol. The summed E-state index contributed by atoms with van der Waals surface area (Å²) in [6.45, 7) is 6.07. The van der Waals surface area contributed by atoms with Gasteiger partial charge in [0.2, 0.25) is 11.1 Å². The van der Waals surface area contributed by atoms with E-state index in [9.17, 15) is 4.79 Å². The molecule has 0 aliphatic rings. The van der Waals surface area contributed by atoms with E-state index in [4.69, 9.17) is 11.6 Å². The van der Waals surface area contributed by atoms with Gasteiger partial charge in [-0.25, -0.2) is 4.98 Å². The van der Waals surface area contributed by atoms with Gasteiger partial charge in [0.1, 0.15) is 5.82 Å². The standard InChI is InChI=1S/C18H19ClN6OS/c1-11(2)13-4-7-15(8-5-13)25-18(22-23-24-25)27-12(3)17(26)21-16-9-6-14(19)10-20-16/h4-12H,1-3H3,(H,20,21,26)/t12-/m1/s1. The van der Waals surface area contributed by atoms with E-state index >= 15 is 0 Å². The number of benzene rings is 1. The van der Waals surface area contributed by atoms with Crippen LogP contribution in [0.2, 0.25) is 5.02 Å². The van der Waals surface area contributed by atoms with Crippen molar-refractivity contribution in [3.8, 4) is 5.69 Å². The number of anilines is 1. The smallest absolute Gasteiger partial charge is 0.238 e. The lowest BCUT2D eigenvalue weighted by molar-refractivity contribution is -0.115. The average Bonchev–Trinajstić information content (AvgIpc) is 3.11. The molecule has 1 N–H and O–H groups in total. The van der Waals surface area contributed by atoms with Gasteiger partial charge < -0.3 is 5.32 Å². The van der Waals surface area contributed by atoms with E-state index in [1.54, 1.807) is 23.7 Å². The molecule has 0 saturated heterocycles. The molecule has 0 aliphatic heterocycles. The predicted octanol–water partition coefficient (Wildman–Crippen LogP) is 3.95. The molecule has 3 aromatic rings. The highest BCUT2D eigenvalue weighted by molar-refractivity contribution is 8.00. The van der Waals surface area contributed by atoms with Gasteiger partial charge in [-0.3, -0.25) is 4.79 Å². The van der Waals surface area contributed by atoms with E-state index < -0.39 is 5.25 Å². The highest BCUT2D eigenvalue weighted by atomic mass is 35.5. The van der Waals surface area contributed by atoms with Crippen LogP contribution in [0.15, 0.2) is 47.8 Å². The van der Waals surface area contributed by atoms with Crippen molar-refractivity contribution in [3.63, 3.8) is 0 Å². The summed E-state index contributed by atoms with van der Waals surface area (Å²) in [5, 5.41) is 15.2. The summed E-state index contributed by atoms with van der Waals surface area (Å²) in [6.07, 6.45) is 1.48. The number of tetrazole rings is 1. The fraction of sp³-hybridized carbons (Fsp3) is 0.278. The lowest BCUT2D eigenvalue weighted by Gasteiger charge is -2.12. The number of hydrogen-bond donors (Lipinski definition) is 1. The molecule has 0 saturated carbocycles. The van der Waals surface area contributed by atoms with E-state index in [0.717, 1.165) is 5.69 Å². The molecule has 9 heteroatoms. The van der Waals surface area contributed by atoms with Crippen molar-refractivity contribution in [1.29, 1.82) is 0 Å². The monoisotopic (exact) mass is 402 g/mol. The molecule has 0 fully saturated rings. The van der Waals surface area contributed by atoms with Crippen molar-refractivity contribution in [2.75, 3.05) is 5.32 Å². The van der Waals surface area contributed by atoms with Crippen LogP contribution in [0.4, 0.5) is 5.82 Å². The van der Waals surface area contributed by atoms with Crippen LogP contribution in [0.25, 0.3) is 5.69 Å². The molecular weight excluding hydrogens is 384 g/mol. The zero-order valence-corrected chi connectivity index (χ0v) is 16.7. The Morgan fingerprint density at radius 2 is 1.89 bits per heavy atom. The summed E-state index contributed by atoms with van der Waals surface area (Å²) in [5.41, 5.74) is 2.09. The van der Waals surface area contributed by atoms with Crippen molar-refractivity contribution < 1.29 is 4.79 Å². The van der Waals surface area contributed by atoms with Gasteiger partial charge in [0.05, 0.1) is 16.0 Å². The molecule has 27 heavy (non-hydrogen) atoms. The van der Waals surface area contributed by atoms with Gasteiger partial charge in [-0.05, 0) is 53.1 Å². The number of hydrogen-bond acceptors (Lipinski definition) is 6. The Hall–Kier alpha value is -2.45. The fourth-order valence-corrected chi connectivity index (χ4v) is 3.22. The Morgan fingerprint density at radius 1 is 1.15 bits per heavy atom. The maximum Gasteiger partial charge on any atom is 0.238 e. The highest BCUT2D eigenvalue weighted by Gasteiger charge is 2.19. The third kappa shape index (κ3) is 4.84. The molecule has 1 amide bonds. The topological polar surface area (TPSA) is 85.6 Å². The first-order chi connectivity index (χ1) is 12.9. The molecule has 3 rings (SSSR count). The van der Waals surface area contributed by atoms with Crippen LogP contribution >= 0.6 is 23.4 Å². The summed E-state index contributed by atoms with van der Waals surface area (Å²) >= 11 is 7.08. The second-order valence-electron chi connectivity index (χ2n) is 6.23. The van der Waals surface area contributed by atoms with E-state index in [-0.39, 0.29) is 5.91 Å². The number of carbonyl (C=O) groups excluding carboxylic acids is 1. The van der Waals surface area contributed by atoms with E-state index in [0.29, 0.717) is 21.9 Å². The lowest BCUT2D eigenvalue weighted by Crippen LogP contribution is -2.23. The number of nitrogens with one attached hydrogen (secondary N) is 1. The minimum atomic E-state index is -0.415. The third-order valence-electron chi connectivity index (χ3n) is 3.88. The highest BCUT2D eigenvalue weighted by Crippen LogP contribution is 2.24. The molecule has 1 aromatic carbocycles. The first kappa shape index (κ1) is 19.3. The van der Waals surface area contributed by atoms with Crippen molar-refractivity contribution in [1.82, 2.24) is 25.2 Å². The van der Waals surface area contributed by atoms with Gasteiger partial charge >= 0.3 is 0 Å². The Kier molecular flexibility index (Phi) is 6.08. The molecular formula is C18H19ClN6OS. The van der Waals surface area contributed by atoms with Gasteiger partial charge in [-0.15, -0.1) is 5.10 Å². The second kappa shape index (κ2) is 8.49. The Morgan fingerprint density at radius 3 is 2.52 bits per heavy atom. The maximum absolute atomic E-state index is 12.4. The van der Waals surface area contributed by atoms with E-state index in [2.05, 4.69) is 51.8 Å². The summed E-state index contributed by atoms with van der Waals surface area (Å²) in [4.78, 5) is 16.5. The zero-order chi connectivity index (χ0) is 19.4. The first-order valence-electron chi connectivity index (χ1n) is 8.42. The van der Waals surface area contributed by atoms with Crippen molar-refractivity contribution in [3.05, 3.63) is 53.2 Å². The summed E-state index contributed by atoms with van der Waals surface area (Å²) in [7, 11) is 0. The molecule has 2 aromatic heterocycles. The number of amides is 1. The second-order valence-corrected chi connectivity index (χ2v) is 7.97. The van der Waals surface area contributed by atoms with Crippen molar-refractivity contribution in [2.45, 2.75) is 37.1 Å². The van der Waals surface area contributed by atoms with Crippen LogP contribution in [-0.4, -0.2) is 36.3 Å². The van der Waals surface area contributed by atoms with Crippen LogP contribution in [-0.2, 0) is 4.79 Å². The molecule has 0 unspecified atom stereocenters. The van der Waals surface area contributed by atoms with Crippen molar-refractivity contribution >= 4 is 35.1 Å². The van der Waals surface area contributed by atoms with Crippen LogP contribution in [0.3, 0.4) is 0 Å². The minimum Gasteiger partial charge on any atom is -0.310 e. The molecule has 0 spiro atoms. The maximum atomic E-state index is 12.4. The molecule has 140 valence electrons. The minimum absolute atomic E-state index is 0.195. The Bertz CT molecular complexity index is 910. The number of rotatable bonds is 6. The number of aromatic nitrogens is 5. The predicted molar refractivity (Wildman–Crippen MR) is 106 cm³/mol. The van der Waals surface area contributed by atoms with Crippen molar-refractivity contribution in [2.24, 2.45) is 0 Å².